The van der Waals surface area contributed by atoms with Crippen molar-refractivity contribution in [2.45, 2.75) is 13.1 Å². The molecular formula is C19H18F3N3O3. The summed E-state index contributed by atoms with van der Waals surface area (Å²) in [7, 11) is 0. The molecule has 0 aromatic heterocycles. The Kier molecular flexibility index (Phi) is 6.75. The van der Waals surface area contributed by atoms with Crippen LogP contribution in [-0.4, -0.2) is 30.8 Å². The molecule has 0 atom stereocenters. The van der Waals surface area contributed by atoms with Crippen molar-refractivity contribution in [1.82, 2.24) is 10.6 Å². The van der Waals surface area contributed by atoms with E-state index < -0.39 is 29.1 Å². The minimum atomic E-state index is -4.64. The SMILES string of the molecule is CC(=O)Nc1cccc(C(=O)NCCNC(=O)c2ccccc2C(F)(F)F)c1. The summed E-state index contributed by atoms with van der Waals surface area (Å²) < 4.78 is 38.8. The zero-order valence-electron chi connectivity index (χ0n) is 14.9. The number of carbonyl (C=O) groups is 3. The maximum atomic E-state index is 12.9. The van der Waals surface area contributed by atoms with Gasteiger partial charge in [0.25, 0.3) is 11.8 Å². The first-order valence-electron chi connectivity index (χ1n) is 8.29. The van der Waals surface area contributed by atoms with Gasteiger partial charge in [0.05, 0.1) is 11.1 Å². The molecule has 3 amide bonds. The first kappa shape index (κ1) is 20.9. The Bertz CT molecular complexity index is 882. The van der Waals surface area contributed by atoms with E-state index in [4.69, 9.17) is 0 Å². The molecule has 0 radical (unpaired) electrons. The Morgan fingerprint density at radius 3 is 2.18 bits per heavy atom. The largest absolute Gasteiger partial charge is 0.417 e. The third kappa shape index (κ3) is 5.83. The standard InChI is InChI=1S/C19H18F3N3O3/c1-12(26)25-14-6-4-5-13(11-14)17(27)23-9-10-24-18(28)15-7-2-3-8-16(15)19(20,21)22/h2-8,11H,9-10H2,1H3,(H,23,27)(H,24,28)(H,25,26). The Morgan fingerprint density at radius 1 is 0.893 bits per heavy atom. The fraction of sp³-hybridized carbons (Fsp3) is 0.211. The monoisotopic (exact) mass is 393 g/mol. The summed E-state index contributed by atoms with van der Waals surface area (Å²) >= 11 is 0. The molecular weight excluding hydrogens is 375 g/mol. The minimum absolute atomic E-state index is 0.0170. The lowest BCUT2D eigenvalue weighted by Crippen LogP contribution is -2.35. The van der Waals surface area contributed by atoms with Gasteiger partial charge in [0.2, 0.25) is 5.91 Å². The predicted octanol–water partition coefficient (Wildman–Crippen LogP) is 2.82. The van der Waals surface area contributed by atoms with Gasteiger partial charge in [-0.3, -0.25) is 14.4 Å². The van der Waals surface area contributed by atoms with Crippen molar-refractivity contribution in [3.63, 3.8) is 0 Å². The van der Waals surface area contributed by atoms with Crippen molar-refractivity contribution in [3.8, 4) is 0 Å². The number of alkyl halides is 3. The van der Waals surface area contributed by atoms with Gasteiger partial charge in [-0.25, -0.2) is 0 Å². The van der Waals surface area contributed by atoms with Crippen molar-refractivity contribution in [2.75, 3.05) is 18.4 Å². The molecule has 9 heteroatoms. The molecule has 0 aliphatic heterocycles. The van der Waals surface area contributed by atoms with E-state index in [0.717, 1.165) is 12.1 Å². The first-order valence-corrected chi connectivity index (χ1v) is 8.29. The van der Waals surface area contributed by atoms with Crippen molar-refractivity contribution < 1.29 is 27.6 Å². The summed E-state index contributed by atoms with van der Waals surface area (Å²) in [6.45, 7) is 1.30. The lowest BCUT2D eigenvalue weighted by atomic mass is 10.1. The molecule has 6 nitrogen and oxygen atoms in total. The van der Waals surface area contributed by atoms with Crippen molar-refractivity contribution in [2.24, 2.45) is 0 Å². The molecule has 0 bridgehead atoms. The molecule has 3 N–H and O–H groups in total. The molecule has 28 heavy (non-hydrogen) atoms. The van der Waals surface area contributed by atoms with Crippen LogP contribution in [0.4, 0.5) is 18.9 Å². The number of hydrogen-bond acceptors (Lipinski definition) is 3. The van der Waals surface area contributed by atoms with Crippen LogP contribution in [0.2, 0.25) is 0 Å². The molecule has 2 rings (SSSR count). The van der Waals surface area contributed by atoms with Crippen LogP contribution in [0, 0.1) is 0 Å². The number of halogens is 3. The lowest BCUT2D eigenvalue weighted by molar-refractivity contribution is -0.138. The van der Waals surface area contributed by atoms with E-state index >= 15 is 0 Å². The van der Waals surface area contributed by atoms with Gasteiger partial charge >= 0.3 is 6.18 Å². The van der Waals surface area contributed by atoms with Crippen LogP contribution in [0.1, 0.15) is 33.2 Å². The quantitative estimate of drug-likeness (QED) is 0.660. The van der Waals surface area contributed by atoms with Crippen LogP contribution in [-0.2, 0) is 11.0 Å². The smallest absolute Gasteiger partial charge is 0.350 e. The number of benzene rings is 2. The third-order valence-corrected chi connectivity index (χ3v) is 3.62. The van der Waals surface area contributed by atoms with E-state index in [1.54, 1.807) is 18.2 Å². The summed E-state index contributed by atoms with van der Waals surface area (Å²) in [5.74, 6) is -1.61. The number of anilines is 1. The van der Waals surface area contributed by atoms with Gasteiger partial charge in [-0.2, -0.15) is 13.2 Å². The molecule has 0 aliphatic carbocycles. The van der Waals surface area contributed by atoms with Crippen LogP contribution in [0.15, 0.2) is 48.5 Å². The van der Waals surface area contributed by atoms with Crippen LogP contribution >= 0.6 is 0 Å². The van der Waals surface area contributed by atoms with Gasteiger partial charge in [0, 0.05) is 31.3 Å². The first-order chi connectivity index (χ1) is 13.2. The highest BCUT2D eigenvalue weighted by Crippen LogP contribution is 2.31. The predicted molar refractivity (Wildman–Crippen MR) is 96.9 cm³/mol. The van der Waals surface area contributed by atoms with Gasteiger partial charge in [-0.1, -0.05) is 18.2 Å². The molecule has 0 fully saturated rings. The Morgan fingerprint density at radius 2 is 1.54 bits per heavy atom. The highest BCUT2D eigenvalue weighted by Gasteiger charge is 2.34. The highest BCUT2D eigenvalue weighted by molar-refractivity contribution is 5.97. The van der Waals surface area contributed by atoms with Crippen LogP contribution < -0.4 is 16.0 Å². The molecule has 0 unspecified atom stereocenters. The number of rotatable bonds is 6. The van der Waals surface area contributed by atoms with Crippen LogP contribution in [0.5, 0.6) is 0 Å². The van der Waals surface area contributed by atoms with Gasteiger partial charge < -0.3 is 16.0 Å². The van der Waals surface area contributed by atoms with E-state index in [0.29, 0.717) is 11.3 Å². The van der Waals surface area contributed by atoms with Gasteiger partial charge in [0.1, 0.15) is 0 Å². The van der Waals surface area contributed by atoms with E-state index in [9.17, 15) is 27.6 Å². The molecule has 0 aliphatic rings. The number of carbonyl (C=O) groups excluding carboxylic acids is 3. The molecule has 0 spiro atoms. The van der Waals surface area contributed by atoms with E-state index in [1.165, 1.54) is 25.1 Å². The summed E-state index contributed by atoms with van der Waals surface area (Å²) in [6.07, 6.45) is -4.64. The van der Waals surface area contributed by atoms with Gasteiger partial charge in [-0.15, -0.1) is 0 Å². The number of hydrogen-bond donors (Lipinski definition) is 3. The van der Waals surface area contributed by atoms with E-state index in [1.807, 2.05) is 0 Å². The highest BCUT2D eigenvalue weighted by atomic mass is 19.4. The van der Waals surface area contributed by atoms with E-state index in [-0.39, 0.29) is 19.0 Å². The Hall–Kier alpha value is -3.36. The van der Waals surface area contributed by atoms with Crippen molar-refractivity contribution in [1.29, 1.82) is 0 Å². The molecule has 0 saturated heterocycles. The third-order valence-electron chi connectivity index (χ3n) is 3.62. The van der Waals surface area contributed by atoms with Crippen molar-refractivity contribution in [3.05, 3.63) is 65.2 Å². The second-order valence-corrected chi connectivity index (χ2v) is 5.82. The average Bonchev–Trinajstić information content (AvgIpc) is 2.64. The van der Waals surface area contributed by atoms with Crippen LogP contribution in [0.25, 0.3) is 0 Å². The topological polar surface area (TPSA) is 87.3 Å². The zero-order valence-corrected chi connectivity index (χ0v) is 14.9. The van der Waals surface area contributed by atoms with Gasteiger partial charge in [0.15, 0.2) is 0 Å². The van der Waals surface area contributed by atoms with E-state index in [2.05, 4.69) is 16.0 Å². The van der Waals surface area contributed by atoms with Crippen molar-refractivity contribution >= 4 is 23.4 Å². The lowest BCUT2D eigenvalue weighted by Gasteiger charge is -2.13. The summed E-state index contributed by atoms with van der Waals surface area (Å²) in [6, 6.07) is 10.7. The molecule has 0 heterocycles. The zero-order chi connectivity index (χ0) is 20.7. The molecule has 2 aromatic rings. The summed E-state index contributed by atoms with van der Waals surface area (Å²) in [4.78, 5) is 35.2. The normalized spacial score (nSPS) is 10.9. The summed E-state index contributed by atoms with van der Waals surface area (Å²) in [5.41, 5.74) is -0.757. The second kappa shape index (κ2) is 9.03. The average molecular weight is 393 g/mol. The molecule has 148 valence electrons. The molecule has 2 aromatic carbocycles. The number of amides is 3. The minimum Gasteiger partial charge on any atom is -0.350 e. The Labute approximate surface area is 159 Å². The number of nitrogens with one attached hydrogen (secondary N) is 3. The fourth-order valence-corrected chi connectivity index (χ4v) is 2.42. The molecule has 0 saturated carbocycles. The maximum absolute atomic E-state index is 12.9. The second-order valence-electron chi connectivity index (χ2n) is 5.82. The fourth-order valence-electron chi connectivity index (χ4n) is 2.42. The summed E-state index contributed by atoms with van der Waals surface area (Å²) in [5, 5.41) is 7.44. The maximum Gasteiger partial charge on any atom is 0.417 e. The van der Waals surface area contributed by atoms with Crippen LogP contribution in [0.3, 0.4) is 0 Å². The van der Waals surface area contributed by atoms with Gasteiger partial charge in [-0.05, 0) is 30.3 Å². The Balaban J connectivity index is 1.89.